The predicted octanol–water partition coefficient (Wildman–Crippen LogP) is 7.45. The van der Waals surface area contributed by atoms with Gasteiger partial charge in [0.1, 0.15) is 0 Å². The van der Waals surface area contributed by atoms with Crippen molar-refractivity contribution < 1.29 is 4.79 Å². The highest BCUT2D eigenvalue weighted by molar-refractivity contribution is 8.00. The number of amides is 1. The van der Waals surface area contributed by atoms with Crippen LogP contribution in [0, 0.1) is 17.8 Å². The molecule has 5 aliphatic rings. The molecule has 2 aliphatic heterocycles. The first-order chi connectivity index (χ1) is 19.3. The van der Waals surface area contributed by atoms with Crippen LogP contribution in [-0.4, -0.2) is 46.5 Å². The van der Waals surface area contributed by atoms with Gasteiger partial charge >= 0.3 is 0 Å². The van der Waals surface area contributed by atoms with Gasteiger partial charge in [-0.25, -0.2) is 5.43 Å². The molecule has 3 aliphatic carbocycles. The largest absolute Gasteiger partial charge is 0.335 e. The number of carbonyl (C=O) groups is 1. The summed E-state index contributed by atoms with van der Waals surface area (Å²) in [6.45, 7) is 1.87. The first-order valence-corrected chi connectivity index (χ1v) is 17.8. The van der Waals surface area contributed by atoms with E-state index in [0.717, 1.165) is 31.3 Å². The molecule has 2 N–H and O–H groups in total. The summed E-state index contributed by atoms with van der Waals surface area (Å²) in [7, 11) is 0. The summed E-state index contributed by atoms with van der Waals surface area (Å²) in [4.78, 5) is 17.0. The number of hydrazine groups is 1. The van der Waals surface area contributed by atoms with Crippen LogP contribution in [0.4, 0.5) is 0 Å². The molecule has 0 aromatic heterocycles. The molecule has 216 valence electrons. The molecule has 1 amide bonds. The number of thioether (sulfide) groups is 1. The Morgan fingerprint density at radius 3 is 2.26 bits per heavy atom. The number of nitrogens with one attached hydrogen (secondary N) is 2. The maximum Gasteiger partial charge on any atom is 0.226 e. The van der Waals surface area contributed by atoms with Gasteiger partial charge in [0.15, 0.2) is 0 Å². The van der Waals surface area contributed by atoms with Crippen molar-refractivity contribution >= 4 is 17.7 Å². The number of benzene rings is 1. The zero-order valence-electron chi connectivity index (χ0n) is 24.3. The van der Waals surface area contributed by atoms with Crippen molar-refractivity contribution in [3.05, 3.63) is 35.9 Å². The van der Waals surface area contributed by atoms with Crippen molar-refractivity contribution in [2.24, 2.45) is 17.8 Å². The van der Waals surface area contributed by atoms with Crippen molar-refractivity contribution in [1.82, 2.24) is 15.8 Å². The molecule has 5 heteroatoms. The number of nitrogens with zero attached hydrogens (tertiary/aromatic N) is 1. The van der Waals surface area contributed by atoms with E-state index in [0.29, 0.717) is 17.1 Å². The highest BCUT2D eigenvalue weighted by Gasteiger charge is 2.53. The van der Waals surface area contributed by atoms with Gasteiger partial charge in [0.2, 0.25) is 5.91 Å². The van der Waals surface area contributed by atoms with Crippen molar-refractivity contribution in [2.45, 2.75) is 132 Å². The van der Waals surface area contributed by atoms with Gasteiger partial charge in [-0.3, -0.25) is 10.2 Å². The Morgan fingerprint density at radius 1 is 0.872 bits per heavy atom. The molecule has 6 rings (SSSR count). The highest BCUT2D eigenvalue weighted by Crippen LogP contribution is 2.50. The maximum atomic E-state index is 14.5. The van der Waals surface area contributed by atoms with E-state index in [2.05, 4.69) is 57.8 Å². The van der Waals surface area contributed by atoms with Gasteiger partial charge in [-0.15, -0.1) is 0 Å². The molecule has 4 nitrogen and oxygen atoms in total. The fraction of sp³-hybridized carbons (Fsp3) is 0.794. The van der Waals surface area contributed by atoms with Crippen LogP contribution in [0.5, 0.6) is 0 Å². The number of rotatable bonds is 6. The maximum absolute atomic E-state index is 14.5. The quantitative estimate of drug-likeness (QED) is 0.385. The third-order valence-electron chi connectivity index (χ3n) is 11.2. The molecular formula is C34H53N3OS. The summed E-state index contributed by atoms with van der Waals surface area (Å²) in [5.41, 5.74) is 8.79. The number of hydrogen-bond donors (Lipinski definition) is 2. The molecule has 1 aromatic rings. The van der Waals surface area contributed by atoms with Crippen LogP contribution < -0.4 is 10.9 Å². The van der Waals surface area contributed by atoms with Crippen LogP contribution in [0.1, 0.15) is 121 Å². The standard InChI is InChI=1S/C34H53N3OS/c38-33(30-23-29(30)27-17-11-8-12-18-27)37(32-24-35-36-34(32)20-13-6-3-7-14-21-34)25-31-28(19-22-39-31)26-15-9-4-1-2-5-10-16-26/h8,11-12,17-18,26,28-32,35-36H,1-7,9-10,13-16,19-25H2/t28?,29-,30+,31?,32?/m1/s1. The Balaban J connectivity index is 1.23. The van der Waals surface area contributed by atoms with Crippen LogP contribution in [0.15, 0.2) is 30.3 Å². The second kappa shape index (κ2) is 13.3. The average molecular weight is 552 g/mol. The Hall–Kier alpha value is -1.04. The van der Waals surface area contributed by atoms with E-state index in [1.165, 1.54) is 114 Å². The fourth-order valence-electron chi connectivity index (χ4n) is 8.80. The minimum absolute atomic E-state index is 0.0458. The second-order valence-corrected chi connectivity index (χ2v) is 15.0. The summed E-state index contributed by atoms with van der Waals surface area (Å²) >= 11 is 2.20. The smallest absolute Gasteiger partial charge is 0.226 e. The minimum Gasteiger partial charge on any atom is -0.335 e. The average Bonchev–Trinajstić information content (AvgIpc) is 3.38. The third-order valence-corrected chi connectivity index (χ3v) is 12.6. The second-order valence-electron chi connectivity index (χ2n) is 13.6. The molecular weight excluding hydrogens is 498 g/mol. The molecule has 39 heavy (non-hydrogen) atoms. The lowest BCUT2D eigenvalue weighted by atomic mass is 9.78. The van der Waals surface area contributed by atoms with Gasteiger partial charge in [0.25, 0.3) is 0 Å². The normalized spacial score (nSPS) is 34.0. The lowest BCUT2D eigenvalue weighted by Crippen LogP contribution is -2.59. The van der Waals surface area contributed by atoms with E-state index in [-0.39, 0.29) is 17.5 Å². The van der Waals surface area contributed by atoms with Crippen molar-refractivity contribution in [3.8, 4) is 0 Å². The van der Waals surface area contributed by atoms with Gasteiger partial charge in [-0.1, -0.05) is 114 Å². The molecule has 2 heterocycles. The molecule has 3 saturated carbocycles. The molecule has 0 radical (unpaired) electrons. The SMILES string of the molecule is O=C([C@H]1C[C@@H]1c1ccccc1)N(CC1SCCC1C1CCCCCCCC1)C1CNNC12CCCCCCC2. The predicted molar refractivity (Wildman–Crippen MR) is 164 cm³/mol. The Bertz CT molecular complexity index is 906. The van der Waals surface area contributed by atoms with E-state index in [9.17, 15) is 4.79 Å². The van der Waals surface area contributed by atoms with Crippen molar-refractivity contribution in [3.63, 3.8) is 0 Å². The Labute approximate surface area is 242 Å². The van der Waals surface area contributed by atoms with Crippen LogP contribution in [0.3, 0.4) is 0 Å². The number of hydrogen-bond acceptors (Lipinski definition) is 4. The topological polar surface area (TPSA) is 44.4 Å². The summed E-state index contributed by atoms with van der Waals surface area (Å²) < 4.78 is 0. The zero-order chi connectivity index (χ0) is 26.5. The number of carbonyl (C=O) groups excluding carboxylic acids is 1. The molecule has 5 atom stereocenters. The van der Waals surface area contributed by atoms with E-state index >= 15 is 0 Å². The van der Waals surface area contributed by atoms with Crippen molar-refractivity contribution in [2.75, 3.05) is 18.8 Å². The summed E-state index contributed by atoms with van der Waals surface area (Å²) in [5.74, 6) is 4.00. The Kier molecular flexibility index (Phi) is 9.58. The lowest BCUT2D eigenvalue weighted by molar-refractivity contribution is -0.136. The van der Waals surface area contributed by atoms with Crippen LogP contribution >= 0.6 is 11.8 Å². The molecule has 0 bridgehead atoms. The molecule has 2 saturated heterocycles. The zero-order valence-corrected chi connectivity index (χ0v) is 25.1. The van der Waals surface area contributed by atoms with Gasteiger partial charge in [-0.2, -0.15) is 11.8 Å². The van der Waals surface area contributed by atoms with Gasteiger partial charge in [-0.05, 0) is 54.8 Å². The fourth-order valence-corrected chi connectivity index (χ4v) is 10.4. The molecule has 5 fully saturated rings. The van der Waals surface area contributed by atoms with E-state index in [4.69, 9.17) is 0 Å². The first kappa shape index (κ1) is 28.1. The van der Waals surface area contributed by atoms with E-state index in [1.807, 2.05) is 0 Å². The molecule has 3 unspecified atom stereocenters. The van der Waals surface area contributed by atoms with Gasteiger partial charge in [0.05, 0.1) is 11.6 Å². The van der Waals surface area contributed by atoms with Gasteiger partial charge in [0, 0.05) is 24.3 Å². The lowest BCUT2D eigenvalue weighted by Gasteiger charge is -2.44. The minimum atomic E-state index is 0.0458. The van der Waals surface area contributed by atoms with Crippen LogP contribution in [-0.2, 0) is 4.79 Å². The first-order valence-electron chi connectivity index (χ1n) is 16.7. The van der Waals surface area contributed by atoms with E-state index in [1.54, 1.807) is 0 Å². The van der Waals surface area contributed by atoms with E-state index < -0.39 is 0 Å². The molecule has 1 aromatic carbocycles. The summed E-state index contributed by atoms with van der Waals surface area (Å²) in [6, 6.07) is 11.1. The third kappa shape index (κ3) is 6.56. The summed E-state index contributed by atoms with van der Waals surface area (Å²) in [5, 5.41) is 0.611. The van der Waals surface area contributed by atoms with Crippen LogP contribution in [0.25, 0.3) is 0 Å². The Morgan fingerprint density at radius 2 is 1.54 bits per heavy atom. The summed E-state index contributed by atoms with van der Waals surface area (Å²) in [6.07, 6.45) is 22.8. The monoisotopic (exact) mass is 551 g/mol. The molecule has 1 spiro atoms. The van der Waals surface area contributed by atoms with Gasteiger partial charge < -0.3 is 4.90 Å². The highest BCUT2D eigenvalue weighted by atomic mass is 32.2. The van der Waals surface area contributed by atoms with Crippen LogP contribution in [0.2, 0.25) is 0 Å². The van der Waals surface area contributed by atoms with Crippen molar-refractivity contribution in [1.29, 1.82) is 0 Å².